The van der Waals surface area contributed by atoms with Gasteiger partial charge in [0.25, 0.3) is 5.91 Å². The van der Waals surface area contributed by atoms with E-state index in [4.69, 9.17) is 19.6 Å². The van der Waals surface area contributed by atoms with Crippen molar-refractivity contribution in [2.24, 2.45) is 16.0 Å². The number of hydrogen-bond donors (Lipinski definition) is 1. The average molecular weight is 521 g/mol. The van der Waals surface area contributed by atoms with Gasteiger partial charge in [0, 0.05) is 5.92 Å². The number of benzene rings is 2. The van der Waals surface area contributed by atoms with Crippen molar-refractivity contribution in [3.8, 4) is 17.2 Å². The topological polar surface area (TPSA) is 96.6 Å². The first-order valence-corrected chi connectivity index (χ1v) is 13.2. The Morgan fingerprint density at radius 1 is 1.05 bits per heavy atom. The molecule has 2 aromatic rings. The Morgan fingerprint density at radius 3 is 2.49 bits per heavy atom. The molecule has 9 heteroatoms. The molecule has 0 saturated carbocycles. The van der Waals surface area contributed by atoms with Gasteiger partial charge in [-0.2, -0.15) is 15.1 Å². The van der Waals surface area contributed by atoms with Crippen LogP contribution in [0.15, 0.2) is 58.1 Å². The highest BCUT2D eigenvalue weighted by Gasteiger charge is 2.36. The van der Waals surface area contributed by atoms with E-state index in [2.05, 4.69) is 30.0 Å². The van der Waals surface area contributed by atoms with Crippen LogP contribution in [0.4, 0.5) is 0 Å². The molecular formula is C28H32N4O4S. The number of nitrogens with one attached hydrogen (secondary N) is 1. The third-order valence-electron chi connectivity index (χ3n) is 6.12. The van der Waals surface area contributed by atoms with Gasteiger partial charge in [0.2, 0.25) is 5.17 Å². The highest BCUT2D eigenvalue weighted by Crippen LogP contribution is 2.33. The molecule has 4 rings (SSSR count). The maximum Gasteiger partial charge on any atom is 0.283 e. The number of ether oxygens (including phenoxy) is 3. The van der Waals surface area contributed by atoms with E-state index in [1.165, 1.54) is 22.3 Å². The maximum atomic E-state index is 12.7. The van der Waals surface area contributed by atoms with Crippen LogP contribution in [0.1, 0.15) is 51.2 Å². The van der Waals surface area contributed by atoms with Crippen molar-refractivity contribution in [2.45, 2.75) is 40.0 Å². The molecule has 0 unspecified atom stereocenters. The summed E-state index contributed by atoms with van der Waals surface area (Å²) >= 11 is 1.33. The zero-order chi connectivity index (χ0) is 26.5. The zero-order valence-corrected chi connectivity index (χ0v) is 22.6. The van der Waals surface area contributed by atoms with Crippen LogP contribution in [0.2, 0.25) is 0 Å². The van der Waals surface area contributed by atoms with Gasteiger partial charge in [-0.3, -0.25) is 10.2 Å². The summed E-state index contributed by atoms with van der Waals surface area (Å²) in [6, 6.07) is 13.4. The first-order chi connectivity index (χ1) is 17.8. The zero-order valence-electron chi connectivity index (χ0n) is 21.8. The minimum Gasteiger partial charge on any atom is -0.493 e. The van der Waals surface area contributed by atoms with Crippen LogP contribution in [0.25, 0.3) is 6.08 Å². The largest absolute Gasteiger partial charge is 0.493 e. The van der Waals surface area contributed by atoms with Crippen LogP contribution in [-0.4, -0.2) is 47.3 Å². The summed E-state index contributed by atoms with van der Waals surface area (Å²) < 4.78 is 17.4. The fourth-order valence-corrected chi connectivity index (χ4v) is 4.73. The SMILES string of the molecule is CC[C@H](C)c1ccccc1OCCOc1ccc(/C=C2/C(=N)N3N=C(C(C)C)SC3=NC2=O)cc1OC. The molecule has 1 amide bonds. The van der Waals surface area contributed by atoms with Gasteiger partial charge in [-0.1, -0.05) is 52.0 Å². The summed E-state index contributed by atoms with van der Waals surface area (Å²) in [7, 11) is 1.56. The van der Waals surface area contributed by atoms with E-state index < -0.39 is 5.91 Å². The predicted octanol–water partition coefficient (Wildman–Crippen LogP) is 5.94. The Labute approximate surface area is 221 Å². The lowest BCUT2D eigenvalue weighted by Crippen LogP contribution is -2.35. The molecule has 0 saturated heterocycles. The van der Waals surface area contributed by atoms with Crippen LogP contribution in [0.5, 0.6) is 17.2 Å². The van der Waals surface area contributed by atoms with E-state index in [0.717, 1.165) is 17.2 Å². The molecule has 2 aromatic carbocycles. The molecule has 194 valence electrons. The minimum absolute atomic E-state index is 0.00673. The molecule has 0 bridgehead atoms. The van der Waals surface area contributed by atoms with E-state index in [-0.39, 0.29) is 17.3 Å². The number of thioether (sulfide) groups is 1. The molecule has 0 spiro atoms. The Balaban J connectivity index is 1.43. The molecule has 1 atom stereocenters. The highest BCUT2D eigenvalue weighted by atomic mass is 32.2. The molecule has 1 N–H and O–H groups in total. The number of carbonyl (C=O) groups excluding carboxylic acids is 1. The predicted molar refractivity (Wildman–Crippen MR) is 149 cm³/mol. The van der Waals surface area contributed by atoms with Gasteiger partial charge in [-0.05, 0) is 59.5 Å². The van der Waals surface area contributed by atoms with Crippen molar-refractivity contribution in [1.29, 1.82) is 5.41 Å². The van der Waals surface area contributed by atoms with E-state index in [1.807, 2.05) is 38.1 Å². The second-order valence-electron chi connectivity index (χ2n) is 9.07. The number of fused-ring (bicyclic) bond motifs is 1. The standard InChI is InChI=1S/C28H32N4O4S/c1-6-18(4)20-9-7-8-10-22(20)35-13-14-36-23-12-11-19(16-24(23)34-5)15-21-25(29)32-28(30-26(21)33)37-27(31-32)17(2)3/h7-12,15-18,29H,6,13-14H2,1-5H3/b21-15-,29-25?/t18-/m0/s1. The lowest BCUT2D eigenvalue weighted by Gasteiger charge is -2.20. The first-order valence-electron chi connectivity index (χ1n) is 12.3. The Kier molecular flexibility index (Phi) is 8.33. The van der Waals surface area contributed by atoms with E-state index in [0.29, 0.717) is 41.4 Å². The lowest BCUT2D eigenvalue weighted by molar-refractivity contribution is -0.114. The van der Waals surface area contributed by atoms with Crippen LogP contribution in [0, 0.1) is 11.3 Å². The summed E-state index contributed by atoms with van der Waals surface area (Å²) in [5, 5.41) is 15.7. The summed E-state index contributed by atoms with van der Waals surface area (Å²) in [5.74, 6) is 2.11. The van der Waals surface area contributed by atoms with Gasteiger partial charge >= 0.3 is 0 Å². The van der Waals surface area contributed by atoms with Crippen LogP contribution in [0.3, 0.4) is 0 Å². The number of amidine groups is 2. The monoisotopic (exact) mass is 520 g/mol. The summed E-state index contributed by atoms with van der Waals surface area (Å²) in [4.78, 5) is 16.8. The molecule has 0 radical (unpaired) electrons. The Hall–Kier alpha value is -3.59. The van der Waals surface area contributed by atoms with Crippen LogP contribution >= 0.6 is 11.8 Å². The van der Waals surface area contributed by atoms with Crippen LogP contribution in [-0.2, 0) is 4.79 Å². The molecule has 2 aliphatic heterocycles. The molecule has 8 nitrogen and oxygen atoms in total. The smallest absolute Gasteiger partial charge is 0.283 e. The molecule has 0 aliphatic carbocycles. The second kappa shape index (κ2) is 11.6. The first kappa shape index (κ1) is 26.5. The molecule has 0 aromatic heterocycles. The van der Waals surface area contributed by atoms with Gasteiger partial charge < -0.3 is 14.2 Å². The number of amides is 1. The number of nitrogens with zero attached hydrogens (tertiary/aromatic N) is 3. The van der Waals surface area contributed by atoms with E-state index >= 15 is 0 Å². The molecule has 37 heavy (non-hydrogen) atoms. The maximum absolute atomic E-state index is 12.7. The molecule has 2 aliphatic rings. The van der Waals surface area contributed by atoms with Gasteiger partial charge in [0.05, 0.1) is 12.7 Å². The number of hydrazone groups is 1. The van der Waals surface area contributed by atoms with Crippen molar-refractivity contribution in [1.82, 2.24) is 5.01 Å². The van der Waals surface area contributed by atoms with E-state index in [1.54, 1.807) is 25.3 Å². The van der Waals surface area contributed by atoms with Gasteiger partial charge in [-0.25, -0.2) is 0 Å². The highest BCUT2D eigenvalue weighted by molar-refractivity contribution is 8.27. The number of rotatable bonds is 10. The van der Waals surface area contributed by atoms with Crippen molar-refractivity contribution < 1.29 is 19.0 Å². The van der Waals surface area contributed by atoms with Crippen molar-refractivity contribution in [3.63, 3.8) is 0 Å². The fraction of sp³-hybridized carbons (Fsp3) is 0.357. The number of carbonyl (C=O) groups is 1. The molecular weight excluding hydrogens is 488 g/mol. The third-order valence-corrected chi connectivity index (χ3v) is 7.33. The number of methoxy groups -OCH3 is 1. The lowest BCUT2D eigenvalue weighted by atomic mass is 9.98. The quantitative estimate of drug-likeness (QED) is 0.308. The minimum atomic E-state index is -0.460. The molecule has 2 heterocycles. The second-order valence-corrected chi connectivity index (χ2v) is 10.1. The van der Waals surface area contributed by atoms with Crippen molar-refractivity contribution >= 4 is 39.8 Å². The summed E-state index contributed by atoms with van der Waals surface area (Å²) in [5.41, 5.74) is 2.05. The van der Waals surface area contributed by atoms with Gasteiger partial charge in [0.1, 0.15) is 24.0 Å². The third kappa shape index (κ3) is 5.88. The normalized spacial score (nSPS) is 17.0. The molecule has 0 fully saturated rings. The van der Waals surface area contributed by atoms with Crippen LogP contribution < -0.4 is 14.2 Å². The van der Waals surface area contributed by atoms with Crippen molar-refractivity contribution in [2.75, 3.05) is 20.3 Å². The summed E-state index contributed by atoms with van der Waals surface area (Å²) in [6.07, 6.45) is 2.66. The number of hydrogen-bond acceptors (Lipinski definition) is 7. The van der Waals surface area contributed by atoms with Gasteiger partial charge in [-0.15, -0.1) is 0 Å². The number of para-hydroxylation sites is 1. The van der Waals surface area contributed by atoms with Gasteiger partial charge in [0.15, 0.2) is 17.3 Å². The fourth-order valence-electron chi connectivity index (χ4n) is 3.84. The summed E-state index contributed by atoms with van der Waals surface area (Å²) in [6.45, 7) is 9.11. The Bertz CT molecular complexity index is 1280. The average Bonchev–Trinajstić information content (AvgIpc) is 3.34. The Morgan fingerprint density at radius 2 is 1.78 bits per heavy atom. The van der Waals surface area contributed by atoms with E-state index in [9.17, 15) is 4.79 Å². The number of aliphatic imine (C=N–C) groups is 1. The van der Waals surface area contributed by atoms with Crippen molar-refractivity contribution in [3.05, 3.63) is 59.2 Å².